The maximum atomic E-state index is 11.8. The Balaban J connectivity index is 4.76. The highest BCUT2D eigenvalue weighted by atomic mass is 28.4. The lowest BCUT2D eigenvalue weighted by molar-refractivity contribution is 0.0686. The van der Waals surface area contributed by atoms with Gasteiger partial charge in [-0.1, -0.05) is 13.5 Å². The second-order valence-electron chi connectivity index (χ2n) is 5.00. The molecule has 0 aromatic heterocycles. The van der Waals surface area contributed by atoms with E-state index in [1.807, 2.05) is 27.7 Å². The molecule has 0 radical (unpaired) electrons. The van der Waals surface area contributed by atoms with Gasteiger partial charge < -0.3 is 28.1 Å². The Hall–Kier alpha value is -1.09. The minimum Gasteiger partial charge on any atom is -0.500 e. The first-order valence-corrected chi connectivity index (χ1v) is 10.6. The van der Waals surface area contributed by atoms with Crippen molar-refractivity contribution >= 4 is 14.9 Å². The lowest BCUT2D eigenvalue weighted by Crippen LogP contribution is -2.48. The normalized spacial score (nSPS) is 12.5. The summed E-state index contributed by atoms with van der Waals surface area (Å²) in [5.74, 6) is 0. The van der Waals surface area contributed by atoms with E-state index in [9.17, 15) is 4.79 Å². The van der Waals surface area contributed by atoms with Gasteiger partial charge in [0.15, 0.2) is 0 Å². The molecule has 142 valence electrons. The Kier molecular flexibility index (Phi) is 13.6. The Bertz CT molecular complexity index is 326. The number of hydrogen-bond acceptors (Lipinski definition) is 6. The first-order chi connectivity index (χ1) is 11.6. The fourth-order valence-corrected chi connectivity index (χ4v) is 4.84. The van der Waals surface area contributed by atoms with Crippen LogP contribution in [-0.2, 0) is 22.8 Å². The number of ether oxygens (including phenoxy) is 2. The highest BCUT2D eigenvalue weighted by Crippen LogP contribution is 2.19. The Labute approximate surface area is 147 Å². The van der Waals surface area contributed by atoms with Crippen LogP contribution in [0.3, 0.4) is 0 Å². The summed E-state index contributed by atoms with van der Waals surface area (Å²) in [4.78, 5) is 11.8. The number of hydrogen-bond donors (Lipinski definition) is 1. The van der Waals surface area contributed by atoms with Crippen molar-refractivity contribution in [3.8, 4) is 0 Å². The van der Waals surface area contributed by atoms with Crippen LogP contribution in [0.2, 0.25) is 6.04 Å². The van der Waals surface area contributed by atoms with E-state index in [2.05, 4.69) is 11.9 Å². The summed E-state index contributed by atoms with van der Waals surface area (Å²) in [6, 6.07) is 0.350. The third-order valence-corrected chi connectivity index (χ3v) is 6.15. The summed E-state index contributed by atoms with van der Waals surface area (Å²) < 4.78 is 27.8. The Morgan fingerprint density at radius 3 is 2.17 bits per heavy atom. The molecular weight excluding hydrogens is 330 g/mol. The van der Waals surface area contributed by atoms with Gasteiger partial charge in [0.05, 0.1) is 18.9 Å². The van der Waals surface area contributed by atoms with Crippen molar-refractivity contribution in [2.75, 3.05) is 33.0 Å². The van der Waals surface area contributed by atoms with Crippen molar-refractivity contribution in [2.45, 2.75) is 52.6 Å². The van der Waals surface area contributed by atoms with Crippen LogP contribution in [0.15, 0.2) is 12.8 Å². The van der Waals surface area contributed by atoms with Crippen molar-refractivity contribution in [1.29, 1.82) is 0 Å². The van der Waals surface area contributed by atoms with Crippen LogP contribution in [0.5, 0.6) is 0 Å². The molecule has 0 aromatic rings. The van der Waals surface area contributed by atoms with Gasteiger partial charge in [0, 0.05) is 25.9 Å². The van der Waals surface area contributed by atoms with Gasteiger partial charge in [-0.05, 0) is 33.6 Å². The number of nitrogens with one attached hydrogen (secondary N) is 1. The van der Waals surface area contributed by atoms with Crippen LogP contribution >= 0.6 is 0 Å². The summed E-state index contributed by atoms with van der Waals surface area (Å²) in [6.07, 6.45) is 2.27. The van der Waals surface area contributed by atoms with Crippen LogP contribution < -0.4 is 5.32 Å². The van der Waals surface area contributed by atoms with Crippen LogP contribution in [0, 0.1) is 0 Å². The molecule has 7 nitrogen and oxygen atoms in total. The minimum absolute atomic E-state index is 0.236. The van der Waals surface area contributed by atoms with Crippen molar-refractivity contribution in [3.63, 3.8) is 0 Å². The monoisotopic (exact) mass is 363 g/mol. The largest absolute Gasteiger partial charge is 0.501 e. The zero-order valence-corrected chi connectivity index (χ0v) is 16.5. The lowest BCUT2D eigenvalue weighted by atomic mass is 10.2. The van der Waals surface area contributed by atoms with Gasteiger partial charge in [-0.25, -0.2) is 4.79 Å². The molecule has 1 unspecified atom stereocenters. The summed E-state index contributed by atoms with van der Waals surface area (Å²) in [7, 11) is -2.75. The summed E-state index contributed by atoms with van der Waals surface area (Å²) in [5, 5.41) is 2.81. The average molecular weight is 364 g/mol. The van der Waals surface area contributed by atoms with Crippen LogP contribution in [-0.4, -0.2) is 54.0 Å². The van der Waals surface area contributed by atoms with Gasteiger partial charge >= 0.3 is 14.9 Å². The fraction of sp³-hybridized carbons (Fsp3) is 0.812. The lowest BCUT2D eigenvalue weighted by Gasteiger charge is -2.30. The molecule has 1 atom stereocenters. The van der Waals surface area contributed by atoms with E-state index >= 15 is 0 Å². The molecule has 0 saturated carbocycles. The number of rotatable bonds is 15. The molecule has 1 N–H and O–H groups in total. The second-order valence-corrected chi connectivity index (χ2v) is 7.73. The average Bonchev–Trinajstić information content (AvgIpc) is 2.56. The van der Waals surface area contributed by atoms with Gasteiger partial charge in [0.2, 0.25) is 0 Å². The molecule has 0 bridgehead atoms. The first kappa shape index (κ1) is 22.9. The van der Waals surface area contributed by atoms with Crippen molar-refractivity contribution in [2.24, 2.45) is 0 Å². The SMILES string of the molecule is C=COCC(CC[Si](OCC)(OCC)OCC)NC(=O)OCCC. The predicted molar refractivity (Wildman–Crippen MR) is 94.8 cm³/mol. The van der Waals surface area contributed by atoms with Crippen LogP contribution in [0.4, 0.5) is 4.79 Å². The van der Waals surface area contributed by atoms with Gasteiger partial charge in [-0.3, -0.25) is 0 Å². The molecule has 0 aliphatic heterocycles. The van der Waals surface area contributed by atoms with Crippen molar-refractivity contribution < 1.29 is 27.5 Å². The summed E-state index contributed by atoms with van der Waals surface area (Å²) >= 11 is 0. The van der Waals surface area contributed by atoms with E-state index in [1.54, 1.807) is 0 Å². The molecule has 0 saturated heterocycles. The highest BCUT2D eigenvalue weighted by molar-refractivity contribution is 6.60. The minimum atomic E-state index is -2.75. The molecule has 0 aliphatic rings. The molecule has 1 amide bonds. The number of carbonyl (C=O) groups excluding carboxylic acids is 1. The maximum absolute atomic E-state index is 11.8. The topological polar surface area (TPSA) is 75.3 Å². The van der Waals surface area contributed by atoms with Gasteiger partial charge in [0.25, 0.3) is 0 Å². The van der Waals surface area contributed by atoms with E-state index < -0.39 is 14.9 Å². The summed E-state index contributed by atoms with van der Waals surface area (Å²) in [5.41, 5.74) is 0. The van der Waals surface area contributed by atoms with E-state index in [4.69, 9.17) is 22.8 Å². The van der Waals surface area contributed by atoms with Gasteiger partial charge in [-0.2, -0.15) is 0 Å². The zero-order chi connectivity index (χ0) is 18.3. The van der Waals surface area contributed by atoms with E-state index in [-0.39, 0.29) is 6.04 Å². The third kappa shape index (κ3) is 9.92. The molecule has 0 rings (SSSR count). The first-order valence-electron chi connectivity index (χ1n) is 8.65. The molecule has 24 heavy (non-hydrogen) atoms. The molecular formula is C16H33NO6Si. The van der Waals surface area contributed by atoms with Crippen molar-refractivity contribution in [1.82, 2.24) is 5.32 Å². The fourth-order valence-electron chi connectivity index (χ4n) is 2.14. The van der Waals surface area contributed by atoms with Crippen LogP contribution in [0.25, 0.3) is 0 Å². The molecule has 0 heterocycles. The quantitative estimate of drug-likeness (QED) is 0.356. The van der Waals surface area contributed by atoms with Gasteiger partial charge in [0.1, 0.15) is 6.61 Å². The standard InChI is InChI=1S/C16H33NO6Si/c1-6-12-20-16(18)17-15(14-19-7-2)11-13-24(21-8-3,22-9-4)23-10-5/h7,15H,2,6,8-14H2,1,3-5H3,(H,17,18). The number of alkyl carbamates (subject to hydrolysis) is 1. The third-order valence-electron chi connectivity index (χ3n) is 3.07. The highest BCUT2D eigenvalue weighted by Gasteiger charge is 2.40. The predicted octanol–water partition coefficient (Wildman–Crippen LogP) is 3.09. The van der Waals surface area contributed by atoms with Crippen molar-refractivity contribution in [3.05, 3.63) is 12.8 Å². The van der Waals surface area contributed by atoms with Crippen LogP contribution in [0.1, 0.15) is 40.5 Å². The number of carbonyl (C=O) groups is 1. The smallest absolute Gasteiger partial charge is 0.500 e. The summed E-state index contributed by atoms with van der Waals surface area (Å²) in [6.45, 7) is 13.5. The molecule has 0 aromatic carbocycles. The maximum Gasteiger partial charge on any atom is 0.501 e. The molecule has 0 spiro atoms. The Morgan fingerprint density at radius 2 is 1.71 bits per heavy atom. The Morgan fingerprint density at radius 1 is 1.12 bits per heavy atom. The molecule has 0 fully saturated rings. The number of amides is 1. The second kappa shape index (κ2) is 14.3. The van der Waals surface area contributed by atoms with E-state index in [1.165, 1.54) is 6.26 Å². The zero-order valence-electron chi connectivity index (χ0n) is 15.5. The van der Waals surface area contributed by atoms with E-state index in [0.29, 0.717) is 45.5 Å². The van der Waals surface area contributed by atoms with Gasteiger partial charge in [-0.15, -0.1) is 0 Å². The van der Waals surface area contributed by atoms with E-state index in [0.717, 1.165) is 6.42 Å². The molecule has 8 heteroatoms. The molecule has 0 aliphatic carbocycles.